The molecule has 0 spiro atoms. The van der Waals surface area contributed by atoms with Crippen molar-refractivity contribution in [3.05, 3.63) is 52.7 Å². The van der Waals surface area contributed by atoms with Crippen LogP contribution >= 0.6 is 0 Å². The highest BCUT2D eigenvalue weighted by Crippen LogP contribution is 2.27. The first-order valence-corrected chi connectivity index (χ1v) is 10.1. The lowest BCUT2D eigenvalue weighted by molar-refractivity contribution is 0.0904. The summed E-state index contributed by atoms with van der Waals surface area (Å²) in [6.07, 6.45) is 5.40. The van der Waals surface area contributed by atoms with Gasteiger partial charge >= 0.3 is 5.69 Å². The fourth-order valence-corrected chi connectivity index (χ4v) is 3.95. The highest BCUT2D eigenvalue weighted by molar-refractivity contribution is 5.97. The van der Waals surface area contributed by atoms with Crippen molar-refractivity contribution in [3.8, 4) is 0 Å². The molecule has 0 aromatic carbocycles. The molecule has 1 N–H and O–H groups in total. The molecule has 0 radical (unpaired) electrons. The molecule has 2 atom stereocenters. The SMILES string of the molecule is CC1C=C(c2ccc3c(n2)n(C)c(=O)n3CC(C)(C)C)CC(C(=O)c2ncco2)N1. The Hall–Kier alpha value is -3.00. The first-order valence-electron chi connectivity index (χ1n) is 10.1. The number of fused-ring (bicyclic) bond motifs is 1. The van der Waals surface area contributed by atoms with E-state index in [9.17, 15) is 9.59 Å². The fraction of sp³-hybridized carbons (Fsp3) is 0.455. The van der Waals surface area contributed by atoms with Gasteiger partial charge in [-0.1, -0.05) is 26.8 Å². The average Bonchev–Trinajstić information content (AvgIpc) is 3.30. The highest BCUT2D eigenvalue weighted by atomic mass is 16.3. The minimum atomic E-state index is -0.439. The van der Waals surface area contributed by atoms with E-state index in [2.05, 4.69) is 37.1 Å². The number of aromatic nitrogens is 4. The number of nitrogens with one attached hydrogen (secondary N) is 1. The maximum absolute atomic E-state index is 12.8. The summed E-state index contributed by atoms with van der Waals surface area (Å²) < 4.78 is 8.54. The molecule has 0 bridgehead atoms. The lowest BCUT2D eigenvalue weighted by Gasteiger charge is -2.26. The summed E-state index contributed by atoms with van der Waals surface area (Å²) in [4.78, 5) is 34.3. The van der Waals surface area contributed by atoms with Crippen molar-refractivity contribution in [3.63, 3.8) is 0 Å². The Bertz CT molecular complexity index is 1180. The molecule has 8 heteroatoms. The van der Waals surface area contributed by atoms with Gasteiger partial charge in [-0.2, -0.15) is 0 Å². The fourth-order valence-electron chi connectivity index (χ4n) is 3.95. The molecule has 8 nitrogen and oxygen atoms in total. The summed E-state index contributed by atoms with van der Waals surface area (Å²) in [5.41, 5.74) is 3.08. The van der Waals surface area contributed by atoms with Crippen LogP contribution in [-0.2, 0) is 13.6 Å². The molecule has 0 aliphatic carbocycles. The Morgan fingerprint density at radius 2 is 2.10 bits per heavy atom. The summed E-state index contributed by atoms with van der Waals surface area (Å²) in [6.45, 7) is 8.91. The van der Waals surface area contributed by atoms with Crippen LogP contribution < -0.4 is 11.0 Å². The van der Waals surface area contributed by atoms with E-state index in [4.69, 9.17) is 9.40 Å². The summed E-state index contributed by atoms with van der Waals surface area (Å²) in [7, 11) is 1.74. The smallest absolute Gasteiger partial charge is 0.330 e. The van der Waals surface area contributed by atoms with E-state index >= 15 is 0 Å². The molecule has 1 aliphatic rings. The van der Waals surface area contributed by atoms with Crippen molar-refractivity contribution in [2.75, 3.05) is 0 Å². The quantitative estimate of drug-likeness (QED) is 0.666. The predicted molar refractivity (Wildman–Crippen MR) is 114 cm³/mol. The Labute approximate surface area is 174 Å². The van der Waals surface area contributed by atoms with Crippen molar-refractivity contribution in [2.45, 2.75) is 52.7 Å². The summed E-state index contributed by atoms with van der Waals surface area (Å²) >= 11 is 0. The number of hydrogen-bond donors (Lipinski definition) is 1. The molecule has 4 heterocycles. The van der Waals surface area contributed by atoms with E-state index in [0.717, 1.165) is 16.8 Å². The number of rotatable bonds is 4. The van der Waals surface area contributed by atoms with Gasteiger partial charge in [-0.05, 0) is 36.5 Å². The third-order valence-electron chi connectivity index (χ3n) is 5.24. The lowest BCUT2D eigenvalue weighted by atomic mass is 9.93. The number of aryl methyl sites for hydroxylation is 1. The van der Waals surface area contributed by atoms with E-state index in [1.807, 2.05) is 19.1 Å². The number of hydrogen-bond acceptors (Lipinski definition) is 6. The Balaban J connectivity index is 1.70. The summed E-state index contributed by atoms with van der Waals surface area (Å²) in [5.74, 6) is -0.0757. The molecule has 3 aromatic rings. The highest BCUT2D eigenvalue weighted by Gasteiger charge is 2.30. The van der Waals surface area contributed by atoms with Crippen LogP contribution in [-0.4, -0.2) is 37.0 Å². The number of Topliss-reactive ketones (excluding diaryl/α,β-unsaturated/α-hetero) is 1. The van der Waals surface area contributed by atoms with Gasteiger partial charge in [-0.15, -0.1) is 0 Å². The Morgan fingerprint density at radius 1 is 1.33 bits per heavy atom. The molecule has 0 amide bonds. The zero-order chi connectivity index (χ0) is 21.6. The number of carbonyl (C=O) groups is 1. The first-order chi connectivity index (χ1) is 14.1. The van der Waals surface area contributed by atoms with Gasteiger partial charge in [-0.3, -0.25) is 13.9 Å². The van der Waals surface area contributed by atoms with Crippen LogP contribution in [0.5, 0.6) is 0 Å². The molecule has 2 unspecified atom stereocenters. The molecule has 158 valence electrons. The second-order valence-electron chi connectivity index (χ2n) is 9.13. The first kappa shape index (κ1) is 20.3. The van der Waals surface area contributed by atoms with Gasteiger partial charge in [0.2, 0.25) is 5.78 Å². The minimum Gasteiger partial charge on any atom is -0.442 e. The molecular formula is C22H27N5O3. The predicted octanol–water partition coefficient (Wildman–Crippen LogP) is 2.79. The van der Waals surface area contributed by atoms with Crippen LogP contribution in [0.15, 0.2) is 39.9 Å². The monoisotopic (exact) mass is 409 g/mol. The molecule has 0 saturated heterocycles. The number of pyridine rings is 1. The van der Waals surface area contributed by atoms with Gasteiger partial charge in [0.25, 0.3) is 5.89 Å². The van der Waals surface area contributed by atoms with Gasteiger partial charge in [0.05, 0.1) is 23.4 Å². The van der Waals surface area contributed by atoms with Crippen molar-refractivity contribution >= 4 is 22.5 Å². The molecule has 4 rings (SSSR count). The van der Waals surface area contributed by atoms with Gasteiger partial charge in [0.15, 0.2) is 5.65 Å². The molecule has 1 aliphatic heterocycles. The number of imidazole rings is 1. The number of ketones is 1. The standard InChI is InChI=1S/C22H27N5O3/c1-13-10-14(11-16(24-13)18(28)20-23-8-9-30-20)15-6-7-17-19(25-15)26(5)21(29)27(17)12-22(2,3)4/h6-10,13,16,24H,11-12H2,1-5H3. The average molecular weight is 409 g/mol. The van der Waals surface area contributed by atoms with Crippen LogP contribution in [0.25, 0.3) is 16.7 Å². The molecule has 30 heavy (non-hydrogen) atoms. The van der Waals surface area contributed by atoms with E-state index in [0.29, 0.717) is 18.6 Å². The van der Waals surface area contributed by atoms with Gasteiger partial charge < -0.3 is 9.73 Å². The largest absolute Gasteiger partial charge is 0.442 e. The maximum atomic E-state index is 12.8. The topological polar surface area (TPSA) is 95.0 Å². The van der Waals surface area contributed by atoms with Crippen molar-refractivity contribution < 1.29 is 9.21 Å². The van der Waals surface area contributed by atoms with Crippen LogP contribution in [0.1, 0.15) is 50.5 Å². The zero-order valence-electron chi connectivity index (χ0n) is 18.0. The second-order valence-corrected chi connectivity index (χ2v) is 9.13. The van der Waals surface area contributed by atoms with Crippen molar-refractivity contribution in [1.82, 2.24) is 24.4 Å². The molecular weight excluding hydrogens is 382 g/mol. The molecule has 0 saturated carbocycles. The number of oxazole rings is 1. The maximum Gasteiger partial charge on any atom is 0.330 e. The van der Waals surface area contributed by atoms with Crippen LogP contribution in [0.3, 0.4) is 0 Å². The van der Waals surface area contributed by atoms with Gasteiger partial charge in [0, 0.05) is 19.6 Å². The van der Waals surface area contributed by atoms with Gasteiger partial charge in [0.1, 0.15) is 6.26 Å². The summed E-state index contributed by atoms with van der Waals surface area (Å²) in [6, 6.07) is 3.43. The van der Waals surface area contributed by atoms with E-state index < -0.39 is 6.04 Å². The van der Waals surface area contributed by atoms with Crippen LogP contribution in [0.4, 0.5) is 0 Å². The lowest BCUT2D eigenvalue weighted by Crippen LogP contribution is -2.44. The third kappa shape index (κ3) is 3.75. The minimum absolute atomic E-state index is 0.00975. The van der Waals surface area contributed by atoms with E-state index in [-0.39, 0.29) is 28.8 Å². The van der Waals surface area contributed by atoms with E-state index in [1.165, 1.54) is 12.5 Å². The second kappa shape index (κ2) is 7.36. The number of nitrogens with zero attached hydrogens (tertiary/aromatic N) is 4. The van der Waals surface area contributed by atoms with Crippen molar-refractivity contribution in [1.29, 1.82) is 0 Å². The summed E-state index contributed by atoms with van der Waals surface area (Å²) in [5, 5.41) is 3.28. The Kier molecular flexibility index (Phi) is 4.97. The number of carbonyl (C=O) groups excluding carboxylic acids is 1. The third-order valence-corrected chi connectivity index (χ3v) is 5.24. The van der Waals surface area contributed by atoms with Crippen LogP contribution in [0.2, 0.25) is 0 Å². The Morgan fingerprint density at radius 3 is 2.77 bits per heavy atom. The molecule has 0 fully saturated rings. The normalized spacial score (nSPS) is 19.8. The van der Waals surface area contributed by atoms with Crippen LogP contribution in [0, 0.1) is 5.41 Å². The van der Waals surface area contributed by atoms with Crippen molar-refractivity contribution in [2.24, 2.45) is 12.5 Å². The zero-order valence-corrected chi connectivity index (χ0v) is 18.0. The molecule has 3 aromatic heterocycles. The van der Waals surface area contributed by atoms with Gasteiger partial charge in [-0.25, -0.2) is 14.8 Å². The van der Waals surface area contributed by atoms with E-state index in [1.54, 1.807) is 16.2 Å².